The highest BCUT2D eigenvalue weighted by atomic mass is 16.6. The van der Waals surface area contributed by atoms with Crippen LogP contribution in [0.4, 0.5) is 5.69 Å². The fourth-order valence-corrected chi connectivity index (χ4v) is 1.50. The summed E-state index contributed by atoms with van der Waals surface area (Å²) in [6, 6.07) is 4.00. The van der Waals surface area contributed by atoms with Crippen LogP contribution in [0.15, 0.2) is 18.2 Å². The summed E-state index contributed by atoms with van der Waals surface area (Å²) in [6.45, 7) is 1.88. The summed E-state index contributed by atoms with van der Waals surface area (Å²) in [5.41, 5.74) is 0.0892. The maximum absolute atomic E-state index is 11.6. The second-order valence-electron chi connectivity index (χ2n) is 3.43. The lowest BCUT2D eigenvalue weighted by Crippen LogP contribution is -2.42. The van der Waals surface area contributed by atoms with E-state index in [9.17, 15) is 14.9 Å². The third-order valence-electron chi connectivity index (χ3n) is 2.35. The van der Waals surface area contributed by atoms with E-state index >= 15 is 0 Å². The molecule has 0 aliphatic carbocycles. The number of nitrogens with zero attached hydrogens (tertiary/aromatic N) is 1. The zero-order chi connectivity index (χ0) is 11.7. The van der Waals surface area contributed by atoms with Crippen LogP contribution in [0.1, 0.15) is 23.7 Å². The summed E-state index contributed by atoms with van der Waals surface area (Å²) in [4.78, 5) is 21.6. The number of nitrogens with one attached hydrogen (secondary N) is 1. The highest BCUT2D eigenvalue weighted by molar-refractivity contribution is 5.98. The number of benzene rings is 1. The molecule has 1 aliphatic rings. The molecule has 1 atom stereocenters. The molecule has 0 bridgehead atoms. The third-order valence-corrected chi connectivity index (χ3v) is 2.35. The third kappa shape index (κ3) is 1.69. The lowest BCUT2D eigenvalue weighted by Gasteiger charge is -2.25. The van der Waals surface area contributed by atoms with Gasteiger partial charge in [-0.15, -0.1) is 0 Å². The van der Waals surface area contributed by atoms with E-state index in [1.807, 2.05) is 6.92 Å². The molecule has 1 amide bonds. The van der Waals surface area contributed by atoms with Crippen LogP contribution in [0.3, 0.4) is 0 Å². The molecule has 1 N–H and O–H groups in total. The Morgan fingerprint density at radius 3 is 2.94 bits per heavy atom. The molecule has 6 nitrogen and oxygen atoms in total. The van der Waals surface area contributed by atoms with Crippen molar-refractivity contribution >= 4 is 11.6 Å². The minimum Gasteiger partial charge on any atom is -0.470 e. The summed E-state index contributed by atoms with van der Waals surface area (Å²) in [5, 5.41) is 13.2. The second-order valence-corrected chi connectivity index (χ2v) is 3.43. The van der Waals surface area contributed by atoms with Gasteiger partial charge < -0.3 is 10.1 Å². The van der Waals surface area contributed by atoms with Crippen LogP contribution in [0, 0.1) is 10.1 Å². The number of carbonyl (C=O) groups excluding carboxylic acids is 1. The molecule has 0 saturated heterocycles. The number of nitro groups is 1. The minimum absolute atomic E-state index is 0.118. The van der Waals surface area contributed by atoms with Gasteiger partial charge in [0.15, 0.2) is 6.23 Å². The fourth-order valence-electron chi connectivity index (χ4n) is 1.50. The van der Waals surface area contributed by atoms with Crippen molar-refractivity contribution < 1.29 is 14.5 Å². The molecule has 0 fully saturated rings. The van der Waals surface area contributed by atoms with Crippen LogP contribution in [-0.2, 0) is 0 Å². The Kier molecular flexibility index (Phi) is 2.47. The van der Waals surface area contributed by atoms with Crippen molar-refractivity contribution in [2.45, 2.75) is 19.6 Å². The summed E-state index contributed by atoms with van der Waals surface area (Å²) in [7, 11) is 0. The molecule has 0 saturated carbocycles. The summed E-state index contributed by atoms with van der Waals surface area (Å²) >= 11 is 0. The van der Waals surface area contributed by atoms with Crippen molar-refractivity contribution in [1.82, 2.24) is 5.32 Å². The molecular weight excluding hydrogens is 212 g/mol. The van der Waals surface area contributed by atoms with Gasteiger partial charge in [0.05, 0.1) is 10.5 Å². The predicted octanol–water partition coefficient (Wildman–Crippen LogP) is 1.45. The predicted molar refractivity (Wildman–Crippen MR) is 55.3 cm³/mol. The Morgan fingerprint density at radius 2 is 2.31 bits per heavy atom. The first kappa shape index (κ1) is 10.4. The smallest absolute Gasteiger partial charge is 0.270 e. The largest absolute Gasteiger partial charge is 0.470 e. The number of nitro benzene ring substituents is 1. The number of non-ortho nitro benzene ring substituents is 1. The van der Waals surface area contributed by atoms with Crippen molar-refractivity contribution in [2.24, 2.45) is 0 Å². The van der Waals surface area contributed by atoms with Crippen molar-refractivity contribution in [3.8, 4) is 5.75 Å². The zero-order valence-corrected chi connectivity index (χ0v) is 8.60. The number of amides is 1. The number of hydrogen-bond donors (Lipinski definition) is 1. The number of carbonyl (C=O) groups is 1. The molecule has 0 spiro atoms. The minimum atomic E-state index is -0.542. The van der Waals surface area contributed by atoms with Gasteiger partial charge in [-0.25, -0.2) is 0 Å². The van der Waals surface area contributed by atoms with Crippen molar-refractivity contribution in [2.75, 3.05) is 0 Å². The average molecular weight is 222 g/mol. The molecule has 2 rings (SSSR count). The average Bonchev–Trinajstić information content (AvgIpc) is 2.28. The maximum Gasteiger partial charge on any atom is 0.270 e. The van der Waals surface area contributed by atoms with E-state index in [1.165, 1.54) is 18.2 Å². The van der Waals surface area contributed by atoms with Gasteiger partial charge >= 0.3 is 0 Å². The Balaban J connectivity index is 2.41. The van der Waals surface area contributed by atoms with E-state index in [-0.39, 0.29) is 23.4 Å². The Morgan fingerprint density at radius 1 is 1.56 bits per heavy atom. The summed E-state index contributed by atoms with van der Waals surface area (Å²) in [6.07, 6.45) is 0.281. The van der Waals surface area contributed by atoms with E-state index in [0.717, 1.165) is 0 Å². The molecule has 0 aromatic heterocycles. The lowest BCUT2D eigenvalue weighted by atomic mass is 10.1. The van der Waals surface area contributed by atoms with Crippen LogP contribution in [-0.4, -0.2) is 17.1 Å². The fraction of sp³-hybridized carbons (Fsp3) is 0.300. The van der Waals surface area contributed by atoms with Crippen molar-refractivity contribution in [3.05, 3.63) is 33.9 Å². The Bertz CT molecular complexity index is 458. The Labute approximate surface area is 91.4 Å². The number of fused-ring (bicyclic) bond motifs is 1. The van der Waals surface area contributed by atoms with Crippen LogP contribution < -0.4 is 10.1 Å². The van der Waals surface area contributed by atoms with Crippen LogP contribution >= 0.6 is 0 Å². The molecule has 6 heteroatoms. The van der Waals surface area contributed by atoms with E-state index < -0.39 is 4.92 Å². The molecule has 1 aromatic rings. The number of rotatable bonds is 2. The first-order valence-corrected chi connectivity index (χ1v) is 4.87. The molecule has 1 aliphatic heterocycles. The van der Waals surface area contributed by atoms with Crippen LogP contribution in [0.25, 0.3) is 0 Å². The molecule has 16 heavy (non-hydrogen) atoms. The van der Waals surface area contributed by atoms with Crippen LogP contribution in [0.5, 0.6) is 5.75 Å². The van der Waals surface area contributed by atoms with E-state index in [0.29, 0.717) is 12.2 Å². The SMILES string of the molecule is CCC1NC(=O)c2cc([N+](=O)[O-])ccc2O1. The van der Waals surface area contributed by atoms with Gasteiger partial charge in [-0.05, 0) is 6.07 Å². The summed E-state index contributed by atoms with van der Waals surface area (Å²) < 4.78 is 5.43. The molecule has 1 heterocycles. The summed E-state index contributed by atoms with van der Waals surface area (Å²) in [5.74, 6) is 0.0537. The highest BCUT2D eigenvalue weighted by Gasteiger charge is 2.26. The first-order valence-electron chi connectivity index (χ1n) is 4.87. The highest BCUT2D eigenvalue weighted by Crippen LogP contribution is 2.27. The van der Waals surface area contributed by atoms with Gasteiger partial charge in [-0.2, -0.15) is 0 Å². The Hall–Kier alpha value is -2.11. The van der Waals surface area contributed by atoms with Gasteiger partial charge in [0, 0.05) is 18.6 Å². The van der Waals surface area contributed by atoms with Gasteiger partial charge in [-0.3, -0.25) is 14.9 Å². The standard InChI is InChI=1S/C10H10N2O4/c1-2-9-11-10(13)7-5-6(12(14)15)3-4-8(7)16-9/h3-5,9H,2H2,1H3,(H,11,13). The molecule has 1 aromatic carbocycles. The molecule has 1 unspecified atom stereocenters. The monoisotopic (exact) mass is 222 g/mol. The lowest BCUT2D eigenvalue weighted by molar-refractivity contribution is -0.384. The van der Waals surface area contributed by atoms with Crippen molar-refractivity contribution in [1.29, 1.82) is 0 Å². The van der Waals surface area contributed by atoms with E-state index in [4.69, 9.17) is 4.74 Å². The normalized spacial score (nSPS) is 18.3. The molecule has 0 radical (unpaired) electrons. The molecule has 84 valence electrons. The van der Waals surface area contributed by atoms with E-state index in [2.05, 4.69) is 5.32 Å². The van der Waals surface area contributed by atoms with Gasteiger partial charge in [0.2, 0.25) is 0 Å². The van der Waals surface area contributed by atoms with Crippen molar-refractivity contribution in [3.63, 3.8) is 0 Å². The second kappa shape index (κ2) is 3.80. The quantitative estimate of drug-likeness (QED) is 0.606. The van der Waals surface area contributed by atoms with Gasteiger partial charge in [0.1, 0.15) is 5.75 Å². The van der Waals surface area contributed by atoms with E-state index in [1.54, 1.807) is 0 Å². The zero-order valence-electron chi connectivity index (χ0n) is 8.60. The first-order chi connectivity index (χ1) is 7.61. The topological polar surface area (TPSA) is 81.5 Å². The van der Waals surface area contributed by atoms with Crippen LogP contribution in [0.2, 0.25) is 0 Å². The van der Waals surface area contributed by atoms with Gasteiger partial charge in [0.25, 0.3) is 11.6 Å². The molecular formula is C10H10N2O4. The maximum atomic E-state index is 11.6. The van der Waals surface area contributed by atoms with Gasteiger partial charge in [-0.1, -0.05) is 6.92 Å². The number of hydrogen-bond acceptors (Lipinski definition) is 4. The number of ether oxygens (including phenoxy) is 1.